The molecule has 2 fully saturated rings. The van der Waals surface area contributed by atoms with Crippen LogP contribution in [0.4, 0.5) is 4.79 Å². The van der Waals surface area contributed by atoms with Crippen molar-refractivity contribution in [2.45, 2.75) is 58.2 Å². The van der Waals surface area contributed by atoms with Gasteiger partial charge in [0.05, 0.1) is 4.88 Å². The Bertz CT molecular complexity index is 675. The average Bonchev–Trinajstić information content (AvgIpc) is 3.06. The minimum absolute atomic E-state index is 0.120. The topological polar surface area (TPSA) is 72.9 Å². The Labute approximate surface area is 157 Å². The van der Waals surface area contributed by atoms with Crippen molar-refractivity contribution in [3.8, 4) is 0 Å². The van der Waals surface area contributed by atoms with Crippen LogP contribution < -0.4 is 0 Å². The summed E-state index contributed by atoms with van der Waals surface area (Å²) in [4.78, 5) is 38.2. The number of thiophene rings is 1. The number of amides is 1. The number of hydrogen-bond acceptors (Lipinski definition) is 6. The van der Waals surface area contributed by atoms with E-state index in [-0.39, 0.29) is 17.6 Å². The smallest absolute Gasteiger partial charge is 0.410 e. The largest absolute Gasteiger partial charge is 0.456 e. The van der Waals surface area contributed by atoms with Crippen LogP contribution in [0.1, 0.15) is 56.1 Å². The SMILES string of the molecule is CC(C)(C)OC(=O)N1CCC2(CC1)CC(OC(=O)C(=O)c1cccs1)C2. The molecule has 1 saturated carbocycles. The Hall–Kier alpha value is -1.89. The lowest BCUT2D eigenvalue weighted by atomic mass is 9.61. The van der Waals surface area contributed by atoms with Crippen LogP contribution in [0.2, 0.25) is 0 Å². The summed E-state index contributed by atoms with van der Waals surface area (Å²) in [6, 6.07) is 3.37. The Kier molecular flexibility index (Phi) is 5.10. The van der Waals surface area contributed by atoms with Crippen molar-refractivity contribution in [3.63, 3.8) is 0 Å². The first kappa shape index (κ1) is 18.9. The van der Waals surface area contributed by atoms with Gasteiger partial charge in [0.1, 0.15) is 11.7 Å². The highest BCUT2D eigenvalue weighted by atomic mass is 32.1. The van der Waals surface area contributed by atoms with E-state index in [1.54, 1.807) is 22.4 Å². The van der Waals surface area contributed by atoms with Gasteiger partial charge in [-0.2, -0.15) is 0 Å². The molecule has 3 rings (SSSR count). The van der Waals surface area contributed by atoms with Gasteiger partial charge in [0.2, 0.25) is 0 Å². The summed E-state index contributed by atoms with van der Waals surface area (Å²) in [5.74, 6) is -1.33. The zero-order valence-electron chi connectivity index (χ0n) is 15.4. The van der Waals surface area contributed by atoms with E-state index in [2.05, 4.69) is 0 Å². The molecule has 1 aromatic heterocycles. The molecule has 0 unspecified atom stereocenters. The molecular formula is C19H25NO5S. The molecule has 1 aliphatic carbocycles. The molecule has 1 aromatic rings. The zero-order chi connectivity index (χ0) is 18.9. The lowest BCUT2D eigenvalue weighted by Crippen LogP contribution is -2.52. The Morgan fingerprint density at radius 3 is 2.38 bits per heavy atom. The maximum absolute atomic E-state index is 12.1. The molecule has 0 N–H and O–H groups in total. The number of piperidine rings is 1. The van der Waals surface area contributed by atoms with Crippen LogP contribution in [-0.2, 0) is 14.3 Å². The molecule has 0 radical (unpaired) electrons. The summed E-state index contributed by atoms with van der Waals surface area (Å²) < 4.78 is 10.8. The lowest BCUT2D eigenvalue weighted by Gasteiger charge is -2.51. The van der Waals surface area contributed by atoms with E-state index < -0.39 is 17.4 Å². The number of ketones is 1. The first-order chi connectivity index (χ1) is 12.2. The number of nitrogens with zero attached hydrogens (tertiary/aromatic N) is 1. The van der Waals surface area contributed by atoms with Gasteiger partial charge in [0.15, 0.2) is 0 Å². The van der Waals surface area contributed by atoms with Crippen LogP contribution in [-0.4, -0.2) is 47.5 Å². The van der Waals surface area contributed by atoms with Crippen molar-refractivity contribution in [3.05, 3.63) is 22.4 Å². The molecule has 2 heterocycles. The van der Waals surface area contributed by atoms with Gasteiger partial charge in [-0.1, -0.05) is 6.07 Å². The third-order valence-corrected chi connectivity index (χ3v) is 5.87. The van der Waals surface area contributed by atoms with Crippen LogP contribution in [0, 0.1) is 5.41 Å². The normalized spacial score (nSPS) is 19.7. The second kappa shape index (κ2) is 7.02. The van der Waals surface area contributed by atoms with Gasteiger partial charge in [-0.05, 0) is 63.3 Å². The summed E-state index contributed by atoms with van der Waals surface area (Å²) >= 11 is 1.24. The number of hydrogen-bond donors (Lipinski definition) is 0. The van der Waals surface area contributed by atoms with Crippen molar-refractivity contribution in [1.29, 1.82) is 0 Å². The van der Waals surface area contributed by atoms with E-state index in [1.807, 2.05) is 20.8 Å². The molecule has 1 aliphatic heterocycles. The van der Waals surface area contributed by atoms with Crippen molar-refractivity contribution in [2.24, 2.45) is 5.41 Å². The second-order valence-corrected chi connectivity index (χ2v) is 9.16. The quantitative estimate of drug-likeness (QED) is 0.455. The van der Waals surface area contributed by atoms with Gasteiger partial charge in [0, 0.05) is 13.1 Å². The number of esters is 1. The maximum Gasteiger partial charge on any atom is 0.410 e. The Balaban J connectivity index is 1.43. The minimum atomic E-state index is -0.765. The van der Waals surface area contributed by atoms with E-state index in [1.165, 1.54) is 11.3 Å². The molecule has 6 nitrogen and oxygen atoms in total. The maximum atomic E-state index is 12.1. The monoisotopic (exact) mass is 379 g/mol. The van der Waals surface area contributed by atoms with E-state index >= 15 is 0 Å². The summed E-state index contributed by atoms with van der Waals surface area (Å²) in [6.07, 6.45) is 2.81. The highest BCUT2D eigenvalue weighted by Gasteiger charge is 2.48. The van der Waals surface area contributed by atoms with E-state index in [0.717, 1.165) is 25.7 Å². The molecule has 0 atom stereocenters. The lowest BCUT2D eigenvalue weighted by molar-refractivity contribution is -0.158. The van der Waals surface area contributed by atoms with Crippen LogP contribution in [0.15, 0.2) is 17.5 Å². The third kappa shape index (κ3) is 4.26. The zero-order valence-corrected chi connectivity index (χ0v) is 16.3. The van der Waals surface area contributed by atoms with E-state index in [0.29, 0.717) is 18.0 Å². The molecule has 0 aromatic carbocycles. The molecular weight excluding hydrogens is 354 g/mol. The van der Waals surface area contributed by atoms with Gasteiger partial charge < -0.3 is 14.4 Å². The van der Waals surface area contributed by atoms with Crippen molar-refractivity contribution in [1.82, 2.24) is 4.90 Å². The van der Waals surface area contributed by atoms with Gasteiger partial charge in [-0.15, -0.1) is 11.3 Å². The number of ether oxygens (including phenoxy) is 2. The predicted octanol–water partition coefficient (Wildman–Crippen LogP) is 3.65. The van der Waals surface area contributed by atoms with Gasteiger partial charge in [0.25, 0.3) is 5.78 Å². The first-order valence-corrected chi connectivity index (χ1v) is 9.82. The average molecular weight is 379 g/mol. The summed E-state index contributed by atoms with van der Waals surface area (Å²) in [5, 5.41) is 1.76. The number of rotatable bonds is 3. The molecule has 0 bridgehead atoms. The first-order valence-electron chi connectivity index (χ1n) is 8.94. The third-order valence-electron chi connectivity index (χ3n) is 5.00. The molecule has 142 valence electrons. The second-order valence-electron chi connectivity index (χ2n) is 8.21. The van der Waals surface area contributed by atoms with Crippen LogP contribution in [0.5, 0.6) is 0 Å². The van der Waals surface area contributed by atoms with Crippen molar-refractivity contribution < 1.29 is 23.9 Å². The fourth-order valence-corrected chi connectivity index (χ4v) is 4.25. The standard InChI is InChI=1S/C19H25NO5S/c1-18(2,3)25-17(23)20-8-6-19(7-9-20)11-13(12-19)24-16(22)15(21)14-5-4-10-26-14/h4-5,10,13H,6-9,11-12H2,1-3H3. The Morgan fingerprint density at radius 2 is 1.85 bits per heavy atom. The highest BCUT2D eigenvalue weighted by molar-refractivity contribution is 7.12. The minimum Gasteiger partial charge on any atom is -0.456 e. The predicted molar refractivity (Wildman–Crippen MR) is 97.2 cm³/mol. The summed E-state index contributed by atoms with van der Waals surface area (Å²) in [6.45, 7) is 6.89. The number of likely N-dealkylation sites (tertiary alicyclic amines) is 1. The van der Waals surface area contributed by atoms with Crippen molar-refractivity contribution in [2.75, 3.05) is 13.1 Å². The van der Waals surface area contributed by atoms with Gasteiger partial charge in [-0.3, -0.25) is 4.79 Å². The van der Waals surface area contributed by atoms with Crippen LogP contribution >= 0.6 is 11.3 Å². The van der Waals surface area contributed by atoms with Crippen LogP contribution in [0.25, 0.3) is 0 Å². The number of carbonyl (C=O) groups excluding carboxylic acids is 3. The summed E-state index contributed by atoms with van der Waals surface area (Å²) in [7, 11) is 0. The fraction of sp³-hybridized carbons (Fsp3) is 0.632. The van der Waals surface area contributed by atoms with E-state index in [4.69, 9.17) is 9.47 Å². The van der Waals surface area contributed by atoms with Crippen molar-refractivity contribution >= 4 is 29.2 Å². The molecule has 2 aliphatic rings. The van der Waals surface area contributed by atoms with Crippen LogP contribution in [0.3, 0.4) is 0 Å². The molecule has 26 heavy (non-hydrogen) atoms. The molecule has 1 amide bonds. The fourth-order valence-electron chi connectivity index (χ4n) is 3.60. The molecule has 7 heteroatoms. The number of carbonyl (C=O) groups is 3. The van der Waals surface area contributed by atoms with Gasteiger partial charge >= 0.3 is 12.1 Å². The Morgan fingerprint density at radius 1 is 1.19 bits per heavy atom. The van der Waals surface area contributed by atoms with E-state index in [9.17, 15) is 14.4 Å². The van der Waals surface area contributed by atoms with Gasteiger partial charge in [-0.25, -0.2) is 9.59 Å². The molecule has 1 spiro atoms. The highest BCUT2D eigenvalue weighted by Crippen LogP contribution is 2.50. The summed E-state index contributed by atoms with van der Waals surface area (Å²) in [5.41, 5.74) is -0.369. The number of Topliss-reactive ketones (excluding diaryl/α,β-unsaturated/α-hetero) is 1. The molecule has 1 saturated heterocycles.